The van der Waals surface area contributed by atoms with E-state index in [2.05, 4.69) is 10.1 Å². The van der Waals surface area contributed by atoms with Gasteiger partial charge in [0.05, 0.1) is 11.2 Å². The number of nitrogens with zero attached hydrogens (tertiary/aromatic N) is 2. The van der Waals surface area contributed by atoms with Crippen molar-refractivity contribution in [1.82, 2.24) is 4.98 Å². The molecule has 0 aliphatic heterocycles. The van der Waals surface area contributed by atoms with Crippen molar-refractivity contribution in [2.75, 3.05) is 0 Å². The van der Waals surface area contributed by atoms with Gasteiger partial charge in [0.25, 0.3) is 0 Å². The average molecular weight is 191 g/mol. The molecule has 0 bridgehead atoms. The summed E-state index contributed by atoms with van der Waals surface area (Å²) in [6.45, 7) is 0. The van der Waals surface area contributed by atoms with E-state index in [-0.39, 0.29) is 0 Å². The topological polar surface area (TPSA) is 45.5 Å². The molecule has 0 spiro atoms. The second-order valence-electron chi connectivity index (χ2n) is 1.77. The summed E-state index contributed by atoms with van der Waals surface area (Å²) in [5, 5.41) is 11.7. The van der Waals surface area contributed by atoms with E-state index in [1.807, 2.05) is 0 Å². The normalized spacial score (nSPS) is 10.7. The van der Waals surface area contributed by atoms with E-state index in [1.54, 1.807) is 0 Å². The molecule has 3 nitrogen and oxygen atoms in total. The highest BCUT2D eigenvalue weighted by molar-refractivity contribution is 6.34. The third kappa shape index (κ3) is 2.06. The molecule has 0 unspecified atom stereocenters. The maximum Gasteiger partial charge on any atom is 0.129 e. The molecule has 1 rings (SSSR count). The van der Waals surface area contributed by atoms with Crippen LogP contribution in [0.1, 0.15) is 5.56 Å². The Morgan fingerprint density at radius 3 is 2.91 bits per heavy atom. The fraction of sp³-hybridized carbons (Fsp3) is 0. The van der Waals surface area contributed by atoms with Gasteiger partial charge in [-0.1, -0.05) is 28.4 Å². The van der Waals surface area contributed by atoms with Gasteiger partial charge in [0.2, 0.25) is 0 Å². The van der Waals surface area contributed by atoms with Gasteiger partial charge in [0.15, 0.2) is 0 Å². The molecule has 58 valence electrons. The molecule has 1 aromatic rings. The van der Waals surface area contributed by atoms with Crippen LogP contribution in [0.5, 0.6) is 0 Å². The van der Waals surface area contributed by atoms with Crippen molar-refractivity contribution in [1.29, 1.82) is 0 Å². The summed E-state index contributed by atoms with van der Waals surface area (Å²) in [6.07, 6.45) is 2.58. The van der Waals surface area contributed by atoms with Crippen molar-refractivity contribution in [2.45, 2.75) is 0 Å². The van der Waals surface area contributed by atoms with Gasteiger partial charge in [0, 0.05) is 11.8 Å². The highest BCUT2D eigenvalue weighted by Gasteiger charge is 1.98. The second-order valence-corrected chi connectivity index (χ2v) is 2.57. The fourth-order valence-corrected chi connectivity index (χ4v) is 0.907. The van der Waals surface area contributed by atoms with Crippen molar-refractivity contribution in [3.8, 4) is 0 Å². The summed E-state index contributed by atoms with van der Waals surface area (Å²) < 4.78 is 0. The zero-order valence-electron chi connectivity index (χ0n) is 5.33. The molecule has 11 heavy (non-hydrogen) atoms. The molecule has 0 aliphatic carbocycles. The third-order valence-electron chi connectivity index (χ3n) is 1.05. The molecule has 5 heteroatoms. The number of oxime groups is 1. The van der Waals surface area contributed by atoms with Gasteiger partial charge >= 0.3 is 0 Å². The number of hydrogen-bond acceptors (Lipinski definition) is 3. The minimum atomic E-state index is 0.310. The Morgan fingerprint density at radius 2 is 2.27 bits per heavy atom. The van der Waals surface area contributed by atoms with Gasteiger partial charge in [-0.3, -0.25) is 0 Å². The average Bonchev–Trinajstić information content (AvgIpc) is 1.98. The monoisotopic (exact) mass is 190 g/mol. The first-order valence-corrected chi connectivity index (χ1v) is 3.48. The van der Waals surface area contributed by atoms with Crippen LogP contribution in [0.25, 0.3) is 0 Å². The van der Waals surface area contributed by atoms with Gasteiger partial charge in [-0.2, -0.15) is 0 Å². The second kappa shape index (κ2) is 3.55. The van der Waals surface area contributed by atoms with Gasteiger partial charge in [-0.15, -0.1) is 0 Å². The number of halogens is 2. The van der Waals surface area contributed by atoms with E-state index in [0.29, 0.717) is 15.7 Å². The molecule has 1 aromatic heterocycles. The van der Waals surface area contributed by atoms with Crippen molar-refractivity contribution in [3.63, 3.8) is 0 Å². The van der Waals surface area contributed by atoms with E-state index < -0.39 is 0 Å². The van der Waals surface area contributed by atoms with Crippen LogP contribution in [0.3, 0.4) is 0 Å². The van der Waals surface area contributed by atoms with Crippen LogP contribution in [0.15, 0.2) is 17.4 Å². The maximum absolute atomic E-state index is 8.18. The molecule has 0 amide bonds. The van der Waals surface area contributed by atoms with Crippen LogP contribution in [0.4, 0.5) is 0 Å². The predicted octanol–water partition coefficient (Wildman–Crippen LogP) is 2.20. The van der Waals surface area contributed by atoms with Gasteiger partial charge < -0.3 is 5.21 Å². The zero-order valence-corrected chi connectivity index (χ0v) is 6.84. The van der Waals surface area contributed by atoms with E-state index in [9.17, 15) is 0 Å². The zero-order chi connectivity index (χ0) is 8.27. The quantitative estimate of drug-likeness (QED) is 0.320. The minimum Gasteiger partial charge on any atom is -0.411 e. The van der Waals surface area contributed by atoms with E-state index in [0.717, 1.165) is 0 Å². The van der Waals surface area contributed by atoms with E-state index in [1.165, 1.54) is 18.5 Å². The number of aromatic nitrogens is 1. The predicted molar refractivity (Wildman–Crippen MR) is 43.6 cm³/mol. The standard InChI is InChI=1S/C6H4Cl2N2O/c7-5-3-9-6(8)1-4(5)2-10-11/h1-3,11H/b10-2+. The molecular weight excluding hydrogens is 187 g/mol. The van der Waals surface area contributed by atoms with Crippen LogP contribution >= 0.6 is 23.2 Å². The molecule has 1 N–H and O–H groups in total. The van der Waals surface area contributed by atoms with Crippen molar-refractivity contribution >= 4 is 29.4 Å². The van der Waals surface area contributed by atoms with Crippen molar-refractivity contribution in [3.05, 3.63) is 28.0 Å². The molecular formula is C6H4Cl2N2O. The SMILES string of the molecule is O/N=C/c1cc(Cl)ncc1Cl. The molecule has 0 atom stereocenters. The molecule has 0 saturated heterocycles. The number of hydrogen-bond donors (Lipinski definition) is 1. The van der Waals surface area contributed by atoms with Crippen LogP contribution in [0.2, 0.25) is 10.2 Å². The summed E-state index contributed by atoms with van der Waals surface area (Å²) in [5.74, 6) is 0. The lowest BCUT2D eigenvalue weighted by atomic mass is 10.3. The molecule has 0 aromatic carbocycles. The molecule has 0 aliphatic rings. The van der Waals surface area contributed by atoms with Crippen LogP contribution in [0, 0.1) is 0 Å². The molecule has 0 saturated carbocycles. The highest BCUT2D eigenvalue weighted by Crippen LogP contribution is 2.15. The Hall–Kier alpha value is -0.800. The van der Waals surface area contributed by atoms with Crippen LogP contribution < -0.4 is 0 Å². The first-order valence-electron chi connectivity index (χ1n) is 2.72. The van der Waals surface area contributed by atoms with Gasteiger partial charge in [0.1, 0.15) is 5.15 Å². The van der Waals surface area contributed by atoms with E-state index in [4.69, 9.17) is 28.4 Å². The lowest BCUT2D eigenvalue weighted by Gasteiger charge is -1.94. The summed E-state index contributed by atoms with van der Waals surface area (Å²) in [6, 6.07) is 1.50. The highest BCUT2D eigenvalue weighted by atomic mass is 35.5. The summed E-state index contributed by atoms with van der Waals surface area (Å²) >= 11 is 11.2. The minimum absolute atomic E-state index is 0.310. The molecule has 0 radical (unpaired) electrons. The Morgan fingerprint density at radius 1 is 1.55 bits per heavy atom. The van der Waals surface area contributed by atoms with Crippen molar-refractivity contribution < 1.29 is 5.21 Å². The molecule has 0 fully saturated rings. The third-order valence-corrected chi connectivity index (χ3v) is 1.57. The number of rotatable bonds is 1. The summed E-state index contributed by atoms with van der Waals surface area (Å²) in [4.78, 5) is 3.71. The first kappa shape index (κ1) is 8.30. The van der Waals surface area contributed by atoms with Crippen LogP contribution in [-0.2, 0) is 0 Å². The Kier molecular flexibility index (Phi) is 2.68. The largest absolute Gasteiger partial charge is 0.411 e. The first-order chi connectivity index (χ1) is 5.24. The van der Waals surface area contributed by atoms with E-state index >= 15 is 0 Å². The Balaban J connectivity index is 3.12. The summed E-state index contributed by atoms with van der Waals surface area (Å²) in [7, 11) is 0. The summed E-state index contributed by atoms with van der Waals surface area (Å²) in [5.41, 5.74) is 0.536. The van der Waals surface area contributed by atoms with Gasteiger partial charge in [-0.05, 0) is 6.07 Å². The van der Waals surface area contributed by atoms with Crippen molar-refractivity contribution in [2.24, 2.45) is 5.16 Å². The maximum atomic E-state index is 8.18. The lowest BCUT2D eigenvalue weighted by Crippen LogP contribution is -1.85. The Bertz CT molecular complexity index is 288. The van der Waals surface area contributed by atoms with Crippen LogP contribution in [-0.4, -0.2) is 16.4 Å². The molecule has 1 heterocycles. The fourth-order valence-electron chi connectivity index (χ4n) is 0.589. The number of pyridine rings is 1. The smallest absolute Gasteiger partial charge is 0.129 e. The van der Waals surface area contributed by atoms with Gasteiger partial charge in [-0.25, -0.2) is 4.98 Å². The Labute approximate surface area is 73.3 Å². The lowest BCUT2D eigenvalue weighted by molar-refractivity contribution is 0.322.